The minimum atomic E-state index is -0.485. The minimum absolute atomic E-state index is 0.0578. The maximum absolute atomic E-state index is 11.4. The number of carbonyl (C=O) groups is 1. The van der Waals surface area contributed by atoms with Gasteiger partial charge in [-0.3, -0.25) is 0 Å². The van der Waals surface area contributed by atoms with Gasteiger partial charge in [0.25, 0.3) is 0 Å². The quantitative estimate of drug-likeness (QED) is 0.394. The Morgan fingerprint density at radius 1 is 0.958 bits per heavy atom. The van der Waals surface area contributed by atoms with E-state index in [2.05, 4.69) is 0 Å². The number of esters is 1. The summed E-state index contributed by atoms with van der Waals surface area (Å²) in [6, 6.07) is 0. The fourth-order valence-corrected chi connectivity index (χ4v) is 2.05. The first-order valence-electron chi connectivity index (χ1n) is 8.65. The van der Waals surface area contributed by atoms with E-state index in [1.807, 2.05) is 20.8 Å². The molecule has 0 bridgehead atoms. The van der Waals surface area contributed by atoms with Gasteiger partial charge in [0.1, 0.15) is 12.2 Å². The fourth-order valence-electron chi connectivity index (χ4n) is 2.05. The van der Waals surface area contributed by atoms with Gasteiger partial charge in [0.2, 0.25) is 0 Å². The Morgan fingerprint density at radius 3 is 2.17 bits per heavy atom. The molecule has 1 heterocycles. The van der Waals surface area contributed by atoms with Crippen LogP contribution in [0, 0.1) is 0 Å². The summed E-state index contributed by atoms with van der Waals surface area (Å²) in [6.45, 7) is 9.00. The summed E-state index contributed by atoms with van der Waals surface area (Å²) in [5.74, 6) is -0.368. The van der Waals surface area contributed by atoms with Crippen LogP contribution in [0.1, 0.15) is 40.0 Å². The van der Waals surface area contributed by atoms with Crippen molar-refractivity contribution in [1.82, 2.24) is 0 Å². The molecule has 1 aliphatic heterocycles. The molecule has 0 N–H and O–H groups in total. The van der Waals surface area contributed by atoms with Crippen molar-refractivity contribution in [3.05, 3.63) is 0 Å². The van der Waals surface area contributed by atoms with Gasteiger partial charge in [-0.05, 0) is 40.0 Å². The van der Waals surface area contributed by atoms with E-state index in [0.29, 0.717) is 39.6 Å². The van der Waals surface area contributed by atoms with Crippen molar-refractivity contribution in [1.29, 1.82) is 0 Å². The molecule has 1 aliphatic rings. The van der Waals surface area contributed by atoms with Crippen LogP contribution in [0.2, 0.25) is 0 Å². The number of hydrogen-bond donors (Lipinski definition) is 0. The van der Waals surface area contributed by atoms with Gasteiger partial charge >= 0.3 is 5.97 Å². The van der Waals surface area contributed by atoms with Crippen molar-refractivity contribution in [2.24, 2.45) is 0 Å². The van der Waals surface area contributed by atoms with Gasteiger partial charge in [-0.15, -0.1) is 0 Å². The van der Waals surface area contributed by atoms with Crippen LogP contribution in [0.15, 0.2) is 0 Å². The van der Waals surface area contributed by atoms with Gasteiger partial charge < -0.3 is 28.4 Å². The molecule has 1 atom stereocenters. The second-order valence-electron chi connectivity index (χ2n) is 6.53. The van der Waals surface area contributed by atoms with Crippen LogP contribution in [-0.4, -0.2) is 70.7 Å². The van der Waals surface area contributed by atoms with Gasteiger partial charge in [-0.25, -0.2) is 4.79 Å². The normalized spacial score (nSPS) is 18.5. The average molecular weight is 348 g/mol. The van der Waals surface area contributed by atoms with Crippen molar-refractivity contribution in [3.63, 3.8) is 0 Å². The second-order valence-corrected chi connectivity index (χ2v) is 6.53. The van der Waals surface area contributed by atoms with Crippen LogP contribution in [0.5, 0.6) is 0 Å². The van der Waals surface area contributed by atoms with Gasteiger partial charge in [-0.2, -0.15) is 0 Å². The minimum Gasteiger partial charge on any atom is -0.458 e. The Hall–Kier alpha value is -0.730. The fraction of sp³-hybridized carbons (Fsp3) is 0.941. The topological polar surface area (TPSA) is 72.5 Å². The summed E-state index contributed by atoms with van der Waals surface area (Å²) in [5.41, 5.74) is -0.485. The molecule has 1 unspecified atom stereocenters. The zero-order valence-electron chi connectivity index (χ0n) is 15.2. The van der Waals surface area contributed by atoms with Gasteiger partial charge in [0, 0.05) is 6.61 Å². The van der Waals surface area contributed by atoms with E-state index in [9.17, 15) is 4.79 Å². The first-order valence-corrected chi connectivity index (χ1v) is 8.65. The molecule has 142 valence electrons. The summed E-state index contributed by atoms with van der Waals surface area (Å²) in [4.78, 5) is 11.4. The van der Waals surface area contributed by atoms with E-state index in [-0.39, 0.29) is 18.9 Å². The first kappa shape index (κ1) is 21.3. The summed E-state index contributed by atoms with van der Waals surface area (Å²) < 4.78 is 32.0. The average Bonchev–Trinajstić information content (AvgIpc) is 2.52. The highest BCUT2D eigenvalue weighted by Crippen LogP contribution is 2.13. The third-order valence-electron chi connectivity index (χ3n) is 3.05. The molecule has 0 aromatic carbocycles. The molecule has 0 aromatic heterocycles. The van der Waals surface area contributed by atoms with Crippen molar-refractivity contribution in [3.8, 4) is 0 Å². The predicted octanol–water partition coefficient (Wildman–Crippen LogP) is 1.92. The molecule has 7 nitrogen and oxygen atoms in total. The SMILES string of the molecule is CC(C)(C)OC(=O)COCCOCCOCCOC1CCCCO1. The Morgan fingerprint density at radius 2 is 1.58 bits per heavy atom. The zero-order chi connectivity index (χ0) is 17.7. The van der Waals surface area contributed by atoms with E-state index in [1.165, 1.54) is 0 Å². The van der Waals surface area contributed by atoms with E-state index in [1.54, 1.807) is 0 Å². The summed E-state index contributed by atoms with van der Waals surface area (Å²) in [5, 5.41) is 0. The molecule has 0 spiro atoms. The lowest BCUT2D eigenvalue weighted by Crippen LogP contribution is -2.27. The monoisotopic (exact) mass is 348 g/mol. The lowest BCUT2D eigenvalue weighted by molar-refractivity contribution is -0.169. The molecule has 7 heteroatoms. The molecule has 24 heavy (non-hydrogen) atoms. The summed E-state index contributed by atoms with van der Waals surface area (Å²) >= 11 is 0. The number of hydrogen-bond acceptors (Lipinski definition) is 7. The van der Waals surface area contributed by atoms with Crippen molar-refractivity contribution < 1.29 is 33.2 Å². The van der Waals surface area contributed by atoms with Crippen molar-refractivity contribution >= 4 is 5.97 Å². The van der Waals surface area contributed by atoms with Crippen LogP contribution in [0.25, 0.3) is 0 Å². The van der Waals surface area contributed by atoms with Gasteiger partial charge in [0.15, 0.2) is 6.29 Å². The molecular weight excluding hydrogens is 316 g/mol. The summed E-state index contributed by atoms with van der Waals surface area (Å²) in [7, 11) is 0. The maximum Gasteiger partial charge on any atom is 0.332 e. The van der Waals surface area contributed by atoms with Gasteiger partial charge in [-0.1, -0.05) is 0 Å². The molecule has 1 rings (SSSR count). The van der Waals surface area contributed by atoms with E-state index in [4.69, 9.17) is 28.4 Å². The zero-order valence-corrected chi connectivity index (χ0v) is 15.2. The Bertz CT molecular complexity index is 321. The van der Waals surface area contributed by atoms with E-state index < -0.39 is 5.60 Å². The molecule has 1 saturated heterocycles. The molecule has 1 fully saturated rings. The number of carbonyl (C=O) groups excluding carboxylic acids is 1. The van der Waals surface area contributed by atoms with Crippen LogP contribution >= 0.6 is 0 Å². The molecule has 0 aliphatic carbocycles. The van der Waals surface area contributed by atoms with E-state index in [0.717, 1.165) is 25.9 Å². The van der Waals surface area contributed by atoms with Crippen LogP contribution in [-0.2, 0) is 33.2 Å². The lowest BCUT2D eigenvalue weighted by atomic mass is 10.2. The van der Waals surface area contributed by atoms with Crippen LogP contribution < -0.4 is 0 Å². The van der Waals surface area contributed by atoms with Gasteiger partial charge in [0.05, 0.1) is 39.6 Å². The third kappa shape index (κ3) is 12.7. The smallest absolute Gasteiger partial charge is 0.332 e. The first-order chi connectivity index (χ1) is 11.5. The standard InChI is InChI=1S/C17H32O7/c1-17(2,3)24-15(18)14-21-11-10-19-8-9-20-12-13-23-16-6-4-5-7-22-16/h16H,4-14H2,1-3H3. The highest BCUT2D eigenvalue weighted by Gasteiger charge is 2.16. The number of ether oxygens (including phenoxy) is 6. The van der Waals surface area contributed by atoms with Crippen LogP contribution in [0.4, 0.5) is 0 Å². The number of rotatable bonds is 12. The predicted molar refractivity (Wildman–Crippen MR) is 87.8 cm³/mol. The molecule has 0 amide bonds. The van der Waals surface area contributed by atoms with E-state index >= 15 is 0 Å². The third-order valence-corrected chi connectivity index (χ3v) is 3.05. The Labute approximate surface area is 144 Å². The summed E-state index contributed by atoms with van der Waals surface area (Å²) in [6.07, 6.45) is 3.18. The Kier molecular flexibility index (Phi) is 11.2. The van der Waals surface area contributed by atoms with Crippen LogP contribution in [0.3, 0.4) is 0 Å². The molecule has 0 aromatic rings. The highest BCUT2D eigenvalue weighted by atomic mass is 16.7. The van der Waals surface area contributed by atoms with Crippen molar-refractivity contribution in [2.75, 3.05) is 52.9 Å². The lowest BCUT2D eigenvalue weighted by Gasteiger charge is -2.22. The Balaban J connectivity index is 1.78. The molecule has 0 saturated carbocycles. The van der Waals surface area contributed by atoms with Crippen molar-refractivity contribution in [2.45, 2.75) is 51.9 Å². The molecular formula is C17H32O7. The molecule has 0 radical (unpaired) electrons. The highest BCUT2D eigenvalue weighted by molar-refractivity contribution is 5.71. The second kappa shape index (κ2) is 12.6. The maximum atomic E-state index is 11.4. The largest absolute Gasteiger partial charge is 0.458 e.